The van der Waals surface area contributed by atoms with Crippen LogP contribution in [0.3, 0.4) is 0 Å². The maximum absolute atomic E-state index is 10.9. The first kappa shape index (κ1) is 12.7. The van der Waals surface area contributed by atoms with Crippen LogP contribution in [0.5, 0.6) is 11.5 Å². The summed E-state index contributed by atoms with van der Waals surface area (Å²) in [5, 5.41) is 17.7. The lowest BCUT2D eigenvalue weighted by Crippen LogP contribution is -1.96. The lowest BCUT2D eigenvalue weighted by molar-refractivity contribution is 0.0696. The number of hydrogen-bond donors (Lipinski definition) is 1. The molecule has 1 N–H and O–H groups in total. The average molecular weight is 253 g/mol. The molecule has 0 amide bonds. The maximum atomic E-state index is 10.9. The van der Waals surface area contributed by atoms with Crippen molar-refractivity contribution >= 4 is 5.97 Å². The smallest absolute Gasteiger partial charge is 0.335 e. The van der Waals surface area contributed by atoms with E-state index in [2.05, 4.69) is 0 Å². The number of aryl methyl sites for hydroxylation is 1. The van der Waals surface area contributed by atoms with Gasteiger partial charge in [-0.3, -0.25) is 0 Å². The molecule has 0 atom stereocenters. The molecule has 0 saturated heterocycles. The highest BCUT2D eigenvalue weighted by Crippen LogP contribution is 2.26. The number of aromatic carboxylic acids is 1. The molecular formula is C15H11NO3. The number of nitrogens with zero attached hydrogens (tertiary/aromatic N) is 1. The van der Waals surface area contributed by atoms with Crippen molar-refractivity contribution in [3.8, 4) is 17.6 Å². The molecule has 0 heterocycles. The van der Waals surface area contributed by atoms with Crippen LogP contribution in [0, 0.1) is 18.3 Å². The molecule has 94 valence electrons. The molecule has 19 heavy (non-hydrogen) atoms. The van der Waals surface area contributed by atoms with Gasteiger partial charge in [-0.05, 0) is 48.9 Å². The lowest BCUT2D eigenvalue weighted by atomic mass is 10.1. The predicted octanol–water partition coefficient (Wildman–Crippen LogP) is 3.36. The topological polar surface area (TPSA) is 70.3 Å². The fraction of sp³-hybridized carbons (Fsp3) is 0.0667. The van der Waals surface area contributed by atoms with E-state index in [1.54, 1.807) is 30.3 Å². The van der Waals surface area contributed by atoms with Gasteiger partial charge < -0.3 is 9.84 Å². The number of hydrogen-bond acceptors (Lipinski definition) is 3. The second-order valence-corrected chi connectivity index (χ2v) is 4.03. The quantitative estimate of drug-likeness (QED) is 0.910. The summed E-state index contributed by atoms with van der Waals surface area (Å²) in [6.45, 7) is 1.83. The Kier molecular flexibility index (Phi) is 3.48. The van der Waals surface area contributed by atoms with E-state index in [0.29, 0.717) is 17.1 Å². The third kappa shape index (κ3) is 2.90. The Hall–Kier alpha value is -2.80. The van der Waals surface area contributed by atoms with Crippen LogP contribution in [0.15, 0.2) is 42.5 Å². The molecular weight excluding hydrogens is 242 g/mol. The summed E-state index contributed by atoms with van der Waals surface area (Å²) in [6.07, 6.45) is 0. The summed E-state index contributed by atoms with van der Waals surface area (Å²) in [6, 6.07) is 13.4. The summed E-state index contributed by atoms with van der Waals surface area (Å²) in [5.41, 5.74) is 1.55. The van der Waals surface area contributed by atoms with Crippen molar-refractivity contribution in [3.63, 3.8) is 0 Å². The number of nitriles is 1. The van der Waals surface area contributed by atoms with Crippen LogP contribution in [0.2, 0.25) is 0 Å². The van der Waals surface area contributed by atoms with Crippen molar-refractivity contribution in [1.82, 2.24) is 0 Å². The second kappa shape index (κ2) is 5.23. The minimum atomic E-state index is -0.998. The Balaban J connectivity index is 2.29. The number of carboxylic acid groups (broad SMARTS) is 1. The third-order valence-corrected chi connectivity index (χ3v) is 2.61. The largest absolute Gasteiger partial charge is 0.478 e. The molecule has 0 bridgehead atoms. The molecule has 0 unspecified atom stereocenters. The zero-order chi connectivity index (χ0) is 13.8. The Morgan fingerprint density at radius 3 is 2.68 bits per heavy atom. The Morgan fingerprint density at radius 2 is 2.05 bits per heavy atom. The van der Waals surface area contributed by atoms with Crippen molar-refractivity contribution in [2.45, 2.75) is 6.92 Å². The van der Waals surface area contributed by atoms with Crippen LogP contribution >= 0.6 is 0 Å². The molecule has 0 aliphatic heterocycles. The SMILES string of the molecule is Cc1cc(C#N)ccc1Oc1cccc(C(=O)O)c1. The van der Waals surface area contributed by atoms with Crippen molar-refractivity contribution in [2.24, 2.45) is 0 Å². The van der Waals surface area contributed by atoms with Gasteiger partial charge in [-0.25, -0.2) is 4.79 Å². The summed E-state index contributed by atoms with van der Waals surface area (Å²) in [7, 11) is 0. The molecule has 0 aromatic heterocycles. The van der Waals surface area contributed by atoms with Crippen LogP contribution in [0.25, 0.3) is 0 Å². The van der Waals surface area contributed by atoms with Crippen LogP contribution in [0.1, 0.15) is 21.5 Å². The Bertz CT molecular complexity index is 671. The molecule has 2 rings (SSSR count). The molecule has 0 fully saturated rings. The predicted molar refractivity (Wildman–Crippen MR) is 69.4 cm³/mol. The zero-order valence-corrected chi connectivity index (χ0v) is 10.3. The second-order valence-electron chi connectivity index (χ2n) is 4.03. The number of carbonyl (C=O) groups is 1. The fourth-order valence-corrected chi connectivity index (χ4v) is 1.65. The molecule has 0 aliphatic carbocycles. The van der Waals surface area contributed by atoms with Gasteiger partial charge in [0.2, 0.25) is 0 Å². The third-order valence-electron chi connectivity index (χ3n) is 2.61. The molecule has 0 aliphatic rings. The van der Waals surface area contributed by atoms with Crippen LogP contribution in [-0.4, -0.2) is 11.1 Å². The lowest BCUT2D eigenvalue weighted by Gasteiger charge is -2.09. The van der Waals surface area contributed by atoms with E-state index in [1.165, 1.54) is 12.1 Å². The van der Waals surface area contributed by atoms with E-state index in [4.69, 9.17) is 15.1 Å². The molecule has 0 radical (unpaired) electrons. The van der Waals surface area contributed by atoms with Gasteiger partial charge in [0.25, 0.3) is 0 Å². The van der Waals surface area contributed by atoms with Crippen LogP contribution in [0.4, 0.5) is 0 Å². The first-order chi connectivity index (χ1) is 9.10. The van der Waals surface area contributed by atoms with Crippen LogP contribution < -0.4 is 4.74 Å². The number of rotatable bonds is 3. The maximum Gasteiger partial charge on any atom is 0.335 e. The monoisotopic (exact) mass is 253 g/mol. The average Bonchev–Trinajstić information content (AvgIpc) is 2.41. The number of ether oxygens (including phenoxy) is 1. The van der Waals surface area contributed by atoms with E-state index in [9.17, 15) is 4.79 Å². The molecule has 4 heteroatoms. The minimum absolute atomic E-state index is 0.170. The summed E-state index contributed by atoms with van der Waals surface area (Å²) < 4.78 is 5.63. The Labute approximate surface area is 110 Å². The van der Waals surface area contributed by atoms with Crippen molar-refractivity contribution < 1.29 is 14.6 Å². The van der Waals surface area contributed by atoms with Gasteiger partial charge in [-0.15, -0.1) is 0 Å². The van der Waals surface area contributed by atoms with E-state index in [-0.39, 0.29) is 5.56 Å². The van der Waals surface area contributed by atoms with Crippen molar-refractivity contribution in [2.75, 3.05) is 0 Å². The number of carboxylic acids is 1. The highest BCUT2D eigenvalue weighted by Gasteiger charge is 2.06. The molecule has 2 aromatic carbocycles. The van der Waals surface area contributed by atoms with Gasteiger partial charge in [0.15, 0.2) is 0 Å². The van der Waals surface area contributed by atoms with E-state index >= 15 is 0 Å². The minimum Gasteiger partial charge on any atom is -0.478 e. The van der Waals surface area contributed by atoms with Gasteiger partial charge in [0, 0.05) is 0 Å². The molecule has 0 spiro atoms. The molecule has 4 nitrogen and oxygen atoms in total. The van der Waals surface area contributed by atoms with Crippen LogP contribution in [-0.2, 0) is 0 Å². The normalized spacial score (nSPS) is 9.68. The highest BCUT2D eigenvalue weighted by molar-refractivity contribution is 5.88. The first-order valence-corrected chi connectivity index (χ1v) is 5.62. The van der Waals surface area contributed by atoms with Gasteiger partial charge >= 0.3 is 5.97 Å². The molecule has 0 saturated carbocycles. The zero-order valence-electron chi connectivity index (χ0n) is 10.3. The Morgan fingerprint density at radius 1 is 1.26 bits per heavy atom. The van der Waals surface area contributed by atoms with Gasteiger partial charge in [0.1, 0.15) is 11.5 Å². The van der Waals surface area contributed by atoms with E-state index in [0.717, 1.165) is 5.56 Å². The summed E-state index contributed by atoms with van der Waals surface area (Å²) in [4.78, 5) is 10.9. The number of benzene rings is 2. The van der Waals surface area contributed by atoms with E-state index in [1.807, 2.05) is 13.0 Å². The van der Waals surface area contributed by atoms with Crippen molar-refractivity contribution in [3.05, 3.63) is 59.2 Å². The van der Waals surface area contributed by atoms with Crippen molar-refractivity contribution in [1.29, 1.82) is 5.26 Å². The highest BCUT2D eigenvalue weighted by atomic mass is 16.5. The first-order valence-electron chi connectivity index (χ1n) is 5.62. The molecule has 2 aromatic rings. The van der Waals surface area contributed by atoms with Gasteiger partial charge in [-0.2, -0.15) is 5.26 Å². The standard InChI is InChI=1S/C15H11NO3/c1-10-7-11(9-16)5-6-14(10)19-13-4-2-3-12(8-13)15(17)18/h2-8H,1H3,(H,17,18). The summed E-state index contributed by atoms with van der Waals surface area (Å²) in [5.74, 6) is 0.0521. The van der Waals surface area contributed by atoms with Gasteiger partial charge in [0.05, 0.1) is 17.2 Å². The van der Waals surface area contributed by atoms with Gasteiger partial charge in [-0.1, -0.05) is 6.07 Å². The summed E-state index contributed by atoms with van der Waals surface area (Å²) >= 11 is 0. The van der Waals surface area contributed by atoms with E-state index < -0.39 is 5.97 Å². The fourth-order valence-electron chi connectivity index (χ4n) is 1.65.